The molecule has 108 valence electrons. The van der Waals surface area contributed by atoms with Crippen molar-refractivity contribution in [1.29, 1.82) is 0 Å². The summed E-state index contributed by atoms with van der Waals surface area (Å²) in [5.74, 6) is -1.91. The molecule has 0 atom stereocenters. The predicted octanol–water partition coefficient (Wildman–Crippen LogP) is 3.22. The summed E-state index contributed by atoms with van der Waals surface area (Å²) in [7, 11) is 0. The standard InChI is InChI=1S/C15H11BrFNO3/c16-13-6-5-11(17)7-12(13)14(19)18-8-9-1-3-10(4-2-9)15(20)21/h1-7H,8H2,(H,18,19)(H,20,21). The van der Waals surface area contributed by atoms with Gasteiger partial charge in [-0.2, -0.15) is 0 Å². The highest BCUT2D eigenvalue weighted by molar-refractivity contribution is 9.10. The van der Waals surface area contributed by atoms with Gasteiger partial charge in [-0.3, -0.25) is 4.79 Å². The molecule has 0 radical (unpaired) electrons. The Labute approximate surface area is 128 Å². The predicted molar refractivity (Wildman–Crippen MR) is 78.7 cm³/mol. The molecule has 0 heterocycles. The maximum atomic E-state index is 13.1. The van der Waals surface area contributed by atoms with Gasteiger partial charge in [-0.1, -0.05) is 12.1 Å². The molecule has 0 spiro atoms. The molecule has 21 heavy (non-hydrogen) atoms. The van der Waals surface area contributed by atoms with Crippen LogP contribution < -0.4 is 5.32 Å². The van der Waals surface area contributed by atoms with Crippen LogP contribution in [0.4, 0.5) is 4.39 Å². The SMILES string of the molecule is O=C(O)c1ccc(CNC(=O)c2cc(F)ccc2Br)cc1. The topological polar surface area (TPSA) is 66.4 Å². The van der Waals surface area contributed by atoms with Crippen molar-refractivity contribution in [3.63, 3.8) is 0 Å². The molecular formula is C15H11BrFNO3. The highest BCUT2D eigenvalue weighted by atomic mass is 79.9. The molecule has 0 aromatic heterocycles. The Balaban J connectivity index is 2.04. The van der Waals surface area contributed by atoms with Crippen molar-refractivity contribution in [3.05, 3.63) is 69.4 Å². The van der Waals surface area contributed by atoms with Crippen LogP contribution in [0, 0.1) is 5.82 Å². The maximum absolute atomic E-state index is 13.1. The largest absolute Gasteiger partial charge is 0.478 e. The number of nitrogens with one attached hydrogen (secondary N) is 1. The first-order chi connectivity index (χ1) is 9.97. The van der Waals surface area contributed by atoms with E-state index in [9.17, 15) is 14.0 Å². The van der Waals surface area contributed by atoms with E-state index in [2.05, 4.69) is 21.2 Å². The molecule has 0 aliphatic heterocycles. The fourth-order valence-corrected chi connectivity index (χ4v) is 2.14. The Morgan fingerprint density at radius 2 is 1.81 bits per heavy atom. The van der Waals surface area contributed by atoms with E-state index in [0.29, 0.717) is 4.47 Å². The Hall–Kier alpha value is -2.21. The van der Waals surface area contributed by atoms with E-state index in [0.717, 1.165) is 11.6 Å². The van der Waals surface area contributed by atoms with Crippen LogP contribution in [0.25, 0.3) is 0 Å². The zero-order valence-corrected chi connectivity index (χ0v) is 12.4. The molecule has 0 saturated carbocycles. The number of carboxylic acids is 1. The van der Waals surface area contributed by atoms with Crippen LogP contribution in [-0.4, -0.2) is 17.0 Å². The number of carbonyl (C=O) groups excluding carboxylic acids is 1. The molecule has 0 saturated heterocycles. The molecule has 2 rings (SSSR count). The van der Waals surface area contributed by atoms with Crippen molar-refractivity contribution in [3.8, 4) is 0 Å². The van der Waals surface area contributed by atoms with Crippen LogP contribution in [-0.2, 0) is 6.54 Å². The molecule has 0 aliphatic rings. The van der Waals surface area contributed by atoms with E-state index < -0.39 is 17.7 Å². The molecule has 1 amide bonds. The third kappa shape index (κ3) is 3.88. The lowest BCUT2D eigenvalue weighted by atomic mass is 10.1. The molecule has 4 nitrogen and oxygen atoms in total. The lowest BCUT2D eigenvalue weighted by molar-refractivity contribution is 0.0696. The van der Waals surface area contributed by atoms with E-state index in [1.807, 2.05) is 0 Å². The van der Waals surface area contributed by atoms with Crippen molar-refractivity contribution in [2.75, 3.05) is 0 Å². The van der Waals surface area contributed by atoms with E-state index in [1.165, 1.54) is 24.3 Å². The fraction of sp³-hybridized carbons (Fsp3) is 0.0667. The minimum atomic E-state index is -1.01. The van der Waals surface area contributed by atoms with Crippen molar-refractivity contribution in [2.24, 2.45) is 0 Å². The van der Waals surface area contributed by atoms with E-state index in [1.54, 1.807) is 12.1 Å². The second-order valence-corrected chi connectivity index (χ2v) is 5.16. The first-order valence-corrected chi connectivity index (χ1v) is 6.82. The molecule has 2 aromatic carbocycles. The van der Waals surface area contributed by atoms with Gasteiger partial charge in [0.25, 0.3) is 5.91 Å². The number of aromatic carboxylic acids is 1. The fourth-order valence-electron chi connectivity index (χ4n) is 1.71. The molecule has 6 heteroatoms. The molecule has 0 fully saturated rings. The third-order valence-electron chi connectivity index (χ3n) is 2.83. The monoisotopic (exact) mass is 351 g/mol. The molecule has 2 aromatic rings. The lowest BCUT2D eigenvalue weighted by Crippen LogP contribution is -2.23. The molecule has 0 aliphatic carbocycles. The summed E-state index contributed by atoms with van der Waals surface area (Å²) in [6.07, 6.45) is 0. The van der Waals surface area contributed by atoms with Crippen LogP contribution in [0.5, 0.6) is 0 Å². The third-order valence-corrected chi connectivity index (χ3v) is 3.52. The van der Waals surface area contributed by atoms with Crippen LogP contribution in [0.1, 0.15) is 26.3 Å². The number of rotatable bonds is 4. The van der Waals surface area contributed by atoms with Crippen LogP contribution in [0.2, 0.25) is 0 Å². The van der Waals surface area contributed by atoms with E-state index in [4.69, 9.17) is 5.11 Å². The summed E-state index contributed by atoms with van der Waals surface area (Å²) in [5.41, 5.74) is 1.14. The Kier molecular flexibility index (Phi) is 4.70. The van der Waals surface area contributed by atoms with Crippen LogP contribution in [0.15, 0.2) is 46.9 Å². The van der Waals surface area contributed by atoms with Gasteiger partial charge in [0.15, 0.2) is 0 Å². The van der Waals surface area contributed by atoms with Crippen molar-refractivity contribution >= 4 is 27.8 Å². The second-order valence-electron chi connectivity index (χ2n) is 4.31. The van der Waals surface area contributed by atoms with Crippen molar-refractivity contribution in [1.82, 2.24) is 5.32 Å². The normalized spacial score (nSPS) is 10.2. The smallest absolute Gasteiger partial charge is 0.335 e. The summed E-state index contributed by atoms with van der Waals surface area (Å²) in [5, 5.41) is 11.4. The summed E-state index contributed by atoms with van der Waals surface area (Å²) >= 11 is 3.19. The minimum absolute atomic E-state index is 0.179. The van der Waals surface area contributed by atoms with Crippen LogP contribution in [0.3, 0.4) is 0 Å². The quantitative estimate of drug-likeness (QED) is 0.888. The minimum Gasteiger partial charge on any atom is -0.478 e. The van der Waals surface area contributed by atoms with Gasteiger partial charge in [-0.25, -0.2) is 9.18 Å². The van der Waals surface area contributed by atoms with E-state index in [-0.39, 0.29) is 17.7 Å². The average molecular weight is 352 g/mol. The zero-order valence-electron chi connectivity index (χ0n) is 10.8. The van der Waals surface area contributed by atoms with Gasteiger partial charge in [0, 0.05) is 11.0 Å². The van der Waals surface area contributed by atoms with Gasteiger partial charge in [0.1, 0.15) is 5.82 Å². The second kappa shape index (κ2) is 6.49. The summed E-state index contributed by atoms with van der Waals surface area (Å²) in [6.45, 7) is 0.224. The molecule has 0 bridgehead atoms. The lowest BCUT2D eigenvalue weighted by Gasteiger charge is -2.07. The summed E-state index contributed by atoms with van der Waals surface area (Å²) < 4.78 is 13.6. The molecule has 0 unspecified atom stereocenters. The van der Waals surface area contributed by atoms with Gasteiger partial charge in [0.2, 0.25) is 0 Å². The maximum Gasteiger partial charge on any atom is 0.335 e. The number of carbonyl (C=O) groups is 2. The highest BCUT2D eigenvalue weighted by Crippen LogP contribution is 2.17. The number of amides is 1. The van der Waals surface area contributed by atoms with Gasteiger partial charge in [-0.15, -0.1) is 0 Å². The Bertz CT molecular complexity index is 686. The van der Waals surface area contributed by atoms with Crippen molar-refractivity contribution in [2.45, 2.75) is 6.54 Å². The van der Waals surface area contributed by atoms with Gasteiger partial charge < -0.3 is 10.4 Å². The van der Waals surface area contributed by atoms with E-state index >= 15 is 0 Å². The van der Waals surface area contributed by atoms with Gasteiger partial charge in [0.05, 0.1) is 11.1 Å². The van der Waals surface area contributed by atoms with Gasteiger partial charge in [-0.05, 0) is 51.8 Å². The number of carboxylic acid groups (broad SMARTS) is 1. The first-order valence-electron chi connectivity index (χ1n) is 6.03. The number of halogens is 2. The van der Waals surface area contributed by atoms with Crippen molar-refractivity contribution < 1.29 is 19.1 Å². The number of hydrogen-bond acceptors (Lipinski definition) is 2. The first kappa shape index (κ1) is 15.2. The summed E-state index contributed by atoms with van der Waals surface area (Å²) in [4.78, 5) is 22.7. The molecule has 2 N–H and O–H groups in total. The van der Waals surface area contributed by atoms with Crippen LogP contribution >= 0.6 is 15.9 Å². The molecular weight excluding hydrogens is 341 g/mol. The zero-order chi connectivity index (χ0) is 15.4. The number of hydrogen-bond donors (Lipinski definition) is 2. The number of benzene rings is 2. The Morgan fingerprint density at radius 3 is 2.43 bits per heavy atom. The highest BCUT2D eigenvalue weighted by Gasteiger charge is 2.11. The van der Waals surface area contributed by atoms with Gasteiger partial charge >= 0.3 is 5.97 Å². The average Bonchev–Trinajstić information content (AvgIpc) is 2.47. The Morgan fingerprint density at radius 1 is 1.14 bits per heavy atom. The summed E-state index contributed by atoms with van der Waals surface area (Å²) in [6, 6.07) is 10.0.